The quantitative estimate of drug-likeness (QED) is 0.544. The third-order valence-corrected chi connectivity index (χ3v) is 5.41. The van der Waals surface area contributed by atoms with Crippen LogP contribution in [0.25, 0.3) is 0 Å². The summed E-state index contributed by atoms with van der Waals surface area (Å²) in [5.41, 5.74) is 3.45. The predicted octanol–water partition coefficient (Wildman–Crippen LogP) is 3.97. The van der Waals surface area contributed by atoms with Gasteiger partial charge < -0.3 is 10.1 Å². The second kappa shape index (κ2) is 9.21. The summed E-state index contributed by atoms with van der Waals surface area (Å²) in [5, 5.41) is 21.5. The number of rotatable bonds is 6. The third kappa shape index (κ3) is 4.43. The molecule has 0 saturated carbocycles. The van der Waals surface area contributed by atoms with Crippen LogP contribution in [-0.2, 0) is 13.0 Å². The van der Waals surface area contributed by atoms with Gasteiger partial charge in [0.2, 0.25) is 5.88 Å². The Labute approximate surface area is 177 Å². The van der Waals surface area contributed by atoms with Gasteiger partial charge >= 0.3 is 6.61 Å². The van der Waals surface area contributed by atoms with Crippen molar-refractivity contribution in [1.82, 2.24) is 14.9 Å². The van der Waals surface area contributed by atoms with Crippen LogP contribution in [0.5, 0.6) is 5.88 Å². The Morgan fingerprint density at radius 2 is 2.07 bits per heavy atom. The van der Waals surface area contributed by atoms with Gasteiger partial charge in [-0.1, -0.05) is 17.7 Å². The molecule has 1 unspecified atom stereocenters. The number of hydrogen-bond donors (Lipinski definition) is 1. The van der Waals surface area contributed by atoms with Gasteiger partial charge in [0.1, 0.15) is 23.6 Å². The molecular weight excluding hydrogens is 414 g/mol. The minimum absolute atomic E-state index is 0.0830. The zero-order valence-electron chi connectivity index (χ0n) is 16.4. The van der Waals surface area contributed by atoms with Crippen LogP contribution in [0.4, 0.5) is 14.6 Å². The van der Waals surface area contributed by atoms with E-state index in [2.05, 4.69) is 31.0 Å². The van der Waals surface area contributed by atoms with Crippen LogP contribution in [0.15, 0.2) is 12.1 Å². The molecule has 1 aliphatic rings. The van der Waals surface area contributed by atoms with Gasteiger partial charge in [-0.05, 0) is 31.4 Å². The van der Waals surface area contributed by atoms with Gasteiger partial charge in [-0.3, -0.25) is 4.90 Å². The number of aromatic nitrogens is 2. The number of pyridine rings is 2. The molecule has 1 atom stereocenters. The van der Waals surface area contributed by atoms with E-state index in [1.165, 1.54) is 6.07 Å². The molecule has 0 spiro atoms. The van der Waals surface area contributed by atoms with Crippen molar-refractivity contribution < 1.29 is 13.5 Å². The van der Waals surface area contributed by atoms with E-state index in [-0.39, 0.29) is 23.6 Å². The topological polar surface area (TPSA) is 97.9 Å². The van der Waals surface area contributed by atoms with Gasteiger partial charge in [0.15, 0.2) is 0 Å². The number of halogens is 3. The standard InChI is InChI=1S/C20H19ClF2N6O/c1-11-13(3-4-17(27-11)30-20(22)23)12(2)29-8-5-14-16(10-29)15(9-25)18(21)28-19(14)26-7-6-24/h3-4,12,20H,5,7-8,10H2,1-2H3,(H,26,28). The van der Waals surface area contributed by atoms with Gasteiger partial charge in [0, 0.05) is 36.5 Å². The van der Waals surface area contributed by atoms with Crippen LogP contribution in [0, 0.1) is 29.6 Å². The Kier molecular flexibility index (Phi) is 6.66. The van der Waals surface area contributed by atoms with E-state index in [4.69, 9.17) is 16.9 Å². The molecule has 1 N–H and O–H groups in total. The van der Waals surface area contributed by atoms with E-state index < -0.39 is 6.61 Å². The number of nitriles is 2. The summed E-state index contributed by atoms with van der Waals surface area (Å²) in [4.78, 5) is 10.5. The molecule has 156 valence electrons. The molecule has 0 fully saturated rings. The van der Waals surface area contributed by atoms with Crippen LogP contribution in [0.2, 0.25) is 5.15 Å². The first-order valence-corrected chi connectivity index (χ1v) is 9.62. The van der Waals surface area contributed by atoms with E-state index in [1.54, 1.807) is 13.0 Å². The van der Waals surface area contributed by atoms with Gasteiger partial charge in [0.05, 0.1) is 11.6 Å². The lowest BCUT2D eigenvalue weighted by Gasteiger charge is -2.35. The molecule has 0 aliphatic carbocycles. The van der Waals surface area contributed by atoms with Crippen molar-refractivity contribution in [2.45, 2.75) is 39.5 Å². The minimum Gasteiger partial charge on any atom is -0.417 e. The number of nitrogens with zero attached hydrogens (tertiary/aromatic N) is 5. The average molecular weight is 433 g/mol. The summed E-state index contributed by atoms with van der Waals surface area (Å²) in [5.74, 6) is 0.398. The highest BCUT2D eigenvalue weighted by atomic mass is 35.5. The van der Waals surface area contributed by atoms with E-state index in [0.29, 0.717) is 36.6 Å². The first-order valence-electron chi connectivity index (χ1n) is 9.24. The molecule has 3 rings (SSSR count). The largest absolute Gasteiger partial charge is 0.417 e. The number of nitrogens with one attached hydrogen (secondary N) is 1. The van der Waals surface area contributed by atoms with Gasteiger partial charge in [-0.15, -0.1) is 0 Å². The fourth-order valence-electron chi connectivity index (χ4n) is 3.68. The minimum atomic E-state index is -2.93. The first-order chi connectivity index (χ1) is 14.3. The van der Waals surface area contributed by atoms with Crippen molar-refractivity contribution in [3.05, 3.63) is 45.2 Å². The Hall–Kier alpha value is -3.01. The molecule has 0 bridgehead atoms. The zero-order chi connectivity index (χ0) is 21.8. The monoisotopic (exact) mass is 432 g/mol. The number of hydrogen-bond acceptors (Lipinski definition) is 7. The summed E-state index contributed by atoms with van der Waals surface area (Å²) >= 11 is 6.21. The van der Waals surface area contributed by atoms with Crippen molar-refractivity contribution in [3.8, 4) is 18.0 Å². The third-order valence-electron chi connectivity index (χ3n) is 5.13. The molecule has 0 saturated heterocycles. The lowest BCUT2D eigenvalue weighted by atomic mass is 9.94. The van der Waals surface area contributed by atoms with E-state index in [0.717, 1.165) is 16.7 Å². The van der Waals surface area contributed by atoms with Gasteiger partial charge in [-0.25, -0.2) is 9.97 Å². The molecule has 10 heteroatoms. The summed E-state index contributed by atoms with van der Waals surface area (Å²) in [6, 6.07) is 7.21. The highest BCUT2D eigenvalue weighted by molar-refractivity contribution is 6.30. The van der Waals surface area contributed by atoms with E-state index in [1.807, 2.05) is 13.0 Å². The fourth-order valence-corrected chi connectivity index (χ4v) is 3.92. The van der Waals surface area contributed by atoms with Gasteiger partial charge in [0.25, 0.3) is 0 Å². The van der Waals surface area contributed by atoms with E-state index >= 15 is 0 Å². The maximum atomic E-state index is 12.4. The van der Waals surface area contributed by atoms with Crippen molar-refractivity contribution in [3.63, 3.8) is 0 Å². The summed E-state index contributed by atoms with van der Waals surface area (Å²) in [6.45, 7) is 2.03. The highest BCUT2D eigenvalue weighted by Gasteiger charge is 2.28. The van der Waals surface area contributed by atoms with Crippen LogP contribution in [0.3, 0.4) is 0 Å². The summed E-state index contributed by atoms with van der Waals surface area (Å²) in [7, 11) is 0. The fraction of sp³-hybridized carbons (Fsp3) is 0.400. The van der Waals surface area contributed by atoms with Crippen molar-refractivity contribution >= 4 is 17.4 Å². The smallest absolute Gasteiger partial charge is 0.388 e. The number of anilines is 1. The summed E-state index contributed by atoms with van der Waals surface area (Å²) in [6.07, 6.45) is 0.616. The Balaban J connectivity index is 1.90. The highest BCUT2D eigenvalue weighted by Crippen LogP contribution is 2.35. The van der Waals surface area contributed by atoms with Crippen LogP contribution >= 0.6 is 11.6 Å². The Bertz CT molecular complexity index is 1030. The number of alkyl halides is 2. The second-order valence-corrected chi connectivity index (χ2v) is 7.16. The van der Waals surface area contributed by atoms with Crippen LogP contribution < -0.4 is 10.1 Å². The predicted molar refractivity (Wildman–Crippen MR) is 106 cm³/mol. The number of ether oxygens (including phenoxy) is 1. The molecule has 7 nitrogen and oxygen atoms in total. The van der Waals surface area contributed by atoms with Crippen molar-refractivity contribution in [2.24, 2.45) is 0 Å². The normalized spacial score (nSPS) is 14.5. The average Bonchev–Trinajstić information content (AvgIpc) is 2.71. The maximum Gasteiger partial charge on any atom is 0.388 e. The molecule has 30 heavy (non-hydrogen) atoms. The molecule has 1 aliphatic heterocycles. The molecule has 0 radical (unpaired) electrons. The van der Waals surface area contributed by atoms with E-state index in [9.17, 15) is 14.0 Å². The van der Waals surface area contributed by atoms with Crippen LogP contribution in [0.1, 0.15) is 40.9 Å². The second-order valence-electron chi connectivity index (χ2n) is 6.81. The Morgan fingerprint density at radius 1 is 1.30 bits per heavy atom. The lowest BCUT2D eigenvalue weighted by Crippen LogP contribution is -2.34. The molecule has 2 aromatic heterocycles. The number of aryl methyl sites for hydroxylation is 1. The van der Waals surface area contributed by atoms with Gasteiger partial charge in [-0.2, -0.15) is 19.3 Å². The molecule has 0 aromatic carbocycles. The van der Waals surface area contributed by atoms with Crippen LogP contribution in [-0.4, -0.2) is 34.6 Å². The Morgan fingerprint density at radius 3 is 2.70 bits per heavy atom. The van der Waals surface area contributed by atoms with Crippen molar-refractivity contribution in [2.75, 3.05) is 18.4 Å². The zero-order valence-corrected chi connectivity index (χ0v) is 17.2. The number of fused-ring (bicyclic) bond motifs is 1. The lowest BCUT2D eigenvalue weighted by molar-refractivity contribution is -0.0529. The molecule has 3 heterocycles. The first kappa shape index (κ1) is 21.7. The van der Waals surface area contributed by atoms with Crippen molar-refractivity contribution in [1.29, 1.82) is 10.5 Å². The SMILES string of the molecule is Cc1nc(OC(F)F)ccc1C(C)N1CCc2c(NCC#N)nc(Cl)c(C#N)c2C1. The summed E-state index contributed by atoms with van der Waals surface area (Å²) < 4.78 is 29.2. The molecule has 2 aromatic rings. The molecule has 0 amide bonds. The maximum absolute atomic E-state index is 12.4. The molecular formula is C20H19ClF2N6O.